The summed E-state index contributed by atoms with van der Waals surface area (Å²) in [5.74, 6) is -0.0507. The van der Waals surface area contributed by atoms with Crippen LogP contribution in [0.3, 0.4) is 0 Å². The van der Waals surface area contributed by atoms with Crippen LogP contribution in [0.15, 0.2) is 24.3 Å². The Morgan fingerprint density at radius 2 is 2.09 bits per heavy atom. The van der Waals surface area contributed by atoms with Gasteiger partial charge in [-0.3, -0.25) is 9.69 Å². The van der Waals surface area contributed by atoms with Crippen molar-refractivity contribution in [3.8, 4) is 0 Å². The van der Waals surface area contributed by atoms with Gasteiger partial charge in [-0.15, -0.1) is 0 Å². The molecule has 0 heterocycles. The first-order valence-electron chi connectivity index (χ1n) is 8.33. The molecule has 1 unspecified atom stereocenters. The van der Waals surface area contributed by atoms with E-state index in [0.29, 0.717) is 12.6 Å². The number of amides is 1. The first kappa shape index (κ1) is 17.0. The van der Waals surface area contributed by atoms with E-state index >= 15 is 0 Å². The van der Waals surface area contributed by atoms with Gasteiger partial charge in [-0.25, -0.2) is 0 Å². The lowest BCUT2D eigenvalue weighted by Crippen LogP contribution is -2.40. The van der Waals surface area contributed by atoms with Crippen LogP contribution in [0.25, 0.3) is 0 Å². The fraction of sp³-hybridized carbons (Fsp3) is 0.611. The number of nitrogens with zero attached hydrogens (tertiary/aromatic N) is 1. The molecule has 1 amide bonds. The smallest absolute Gasteiger partial charge is 0.221 e. The molecule has 1 saturated carbocycles. The van der Waals surface area contributed by atoms with Crippen molar-refractivity contribution in [2.45, 2.75) is 64.6 Å². The predicted molar refractivity (Wildman–Crippen MR) is 89.7 cm³/mol. The first-order chi connectivity index (χ1) is 10.5. The summed E-state index contributed by atoms with van der Waals surface area (Å²) in [7, 11) is 0. The second-order valence-corrected chi connectivity index (χ2v) is 6.45. The van der Waals surface area contributed by atoms with Gasteiger partial charge in [0, 0.05) is 31.7 Å². The fourth-order valence-corrected chi connectivity index (χ4v) is 3.31. The Morgan fingerprint density at radius 1 is 1.36 bits per heavy atom. The average Bonchev–Trinajstić information content (AvgIpc) is 2.47. The number of carbonyl (C=O) groups is 1. The van der Waals surface area contributed by atoms with Gasteiger partial charge in [-0.1, -0.05) is 31.4 Å². The summed E-state index contributed by atoms with van der Waals surface area (Å²) in [4.78, 5) is 13.6. The number of hydrogen-bond donors (Lipinski definition) is 2. The van der Waals surface area contributed by atoms with Crippen LogP contribution in [0, 0.1) is 0 Å². The largest absolute Gasteiger partial charge is 0.392 e. The maximum Gasteiger partial charge on any atom is 0.221 e. The topological polar surface area (TPSA) is 52.6 Å². The summed E-state index contributed by atoms with van der Waals surface area (Å²) < 4.78 is 0. The van der Waals surface area contributed by atoms with Crippen molar-refractivity contribution in [3.63, 3.8) is 0 Å². The van der Waals surface area contributed by atoms with Crippen molar-refractivity contribution in [2.24, 2.45) is 0 Å². The predicted octanol–water partition coefficient (Wildman–Crippen LogP) is 3.16. The van der Waals surface area contributed by atoms with Crippen molar-refractivity contribution in [3.05, 3.63) is 29.8 Å². The second-order valence-electron chi connectivity index (χ2n) is 6.45. The van der Waals surface area contributed by atoms with Gasteiger partial charge in [0.2, 0.25) is 5.91 Å². The van der Waals surface area contributed by atoms with Gasteiger partial charge in [0.25, 0.3) is 0 Å². The molecule has 0 aliphatic heterocycles. The molecule has 1 aromatic carbocycles. The summed E-state index contributed by atoms with van der Waals surface area (Å²) in [6.45, 7) is 4.90. The Labute approximate surface area is 133 Å². The third-order valence-corrected chi connectivity index (χ3v) is 4.22. The van der Waals surface area contributed by atoms with E-state index in [4.69, 9.17) is 0 Å². The standard InChI is InChI=1S/C18H28N2O2/c1-14(21)12-20(18-9-4-3-5-10-18)13-16-7-6-8-17(11-16)19-15(2)22/h6-8,11,14,18,21H,3-5,9-10,12-13H2,1-2H3,(H,19,22). The summed E-state index contributed by atoms with van der Waals surface area (Å²) in [6, 6.07) is 8.56. The van der Waals surface area contributed by atoms with Crippen molar-refractivity contribution >= 4 is 11.6 Å². The molecule has 122 valence electrons. The van der Waals surface area contributed by atoms with Gasteiger partial charge in [-0.05, 0) is 37.5 Å². The summed E-state index contributed by atoms with van der Waals surface area (Å²) in [5, 5.41) is 12.6. The summed E-state index contributed by atoms with van der Waals surface area (Å²) >= 11 is 0. The van der Waals surface area contributed by atoms with E-state index in [1.165, 1.54) is 44.6 Å². The molecule has 0 aromatic heterocycles. The van der Waals surface area contributed by atoms with Gasteiger partial charge in [0.05, 0.1) is 6.10 Å². The molecule has 1 aromatic rings. The molecule has 1 aliphatic rings. The minimum Gasteiger partial charge on any atom is -0.392 e. The number of nitrogens with one attached hydrogen (secondary N) is 1. The van der Waals surface area contributed by atoms with E-state index in [-0.39, 0.29) is 12.0 Å². The molecule has 1 aliphatic carbocycles. The molecular weight excluding hydrogens is 276 g/mol. The number of aliphatic hydroxyl groups is 1. The zero-order chi connectivity index (χ0) is 15.9. The molecule has 0 saturated heterocycles. The van der Waals surface area contributed by atoms with E-state index in [1.54, 1.807) is 0 Å². The monoisotopic (exact) mass is 304 g/mol. The summed E-state index contributed by atoms with van der Waals surface area (Å²) in [6.07, 6.45) is 6.02. The number of aliphatic hydroxyl groups excluding tert-OH is 1. The highest BCUT2D eigenvalue weighted by Gasteiger charge is 2.22. The molecule has 0 bridgehead atoms. The Bertz CT molecular complexity index is 482. The average molecular weight is 304 g/mol. The zero-order valence-corrected chi connectivity index (χ0v) is 13.7. The maximum absolute atomic E-state index is 11.2. The maximum atomic E-state index is 11.2. The quantitative estimate of drug-likeness (QED) is 0.849. The Balaban J connectivity index is 2.06. The molecule has 0 radical (unpaired) electrons. The molecular formula is C18H28N2O2. The number of carbonyl (C=O) groups excluding carboxylic acids is 1. The van der Waals surface area contributed by atoms with E-state index in [2.05, 4.69) is 16.3 Å². The number of anilines is 1. The lowest BCUT2D eigenvalue weighted by Gasteiger charge is -2.35. The van der Waals surface area contributed by atoms with Gasteiger partial charge in [-0.2, -0.15) is 0 Å². The zero-order valence-electron chi connectivity index (χ0n) is 13.7. The van der Waals surface area contributed by atoms with Crippen molar-refractivity contribution in [1.29, 1.82) is 0 Å². The van der Waals surface area contributed by atoms with Crippen LogP contribution in [0.4, 0.5) is 5.69 Å². The second kappa shape index (κ2) is 8.30. The van der Waals surface area contributed by atoms with Crippen molar-refractivity contribution in [1.82, 2.24) is 4.90 Å². The van der Waals surface area contributed by atoms with E-state index in [9.17, 15) is 9.90 Å². The third-order valence-electron chi connectivity index (χ3n) is 4.22. The molecule has 0 spiro atoms. The molecule has 2 rings (SSSR count). The highest BCUT2D eigenvalue weighted by molar-refractivity contribution is 5.88. The van der Waals surface area contributed by atoms with E-state index in [0.717, 1.165) is 12.2 Å². The molecule has 2 N–H and O–H groups in total. The molecule has 1 fully saturated rings. The highest BCUT2D eigenvalue weighted by Crippen LogP contribution is 2.25. The highest BCUT2D eigenvalue weighted by atomic mass is 16.3. The molecule has 1 atom stereocenters. The van der Waals surface area contributed by atoms with E-state index in [1.807, 2.05) is 25.1 Å². The lowest BCUT2D eigenvalue weighted by atomic mass is 9.93. The Hall–Kier alpha value is -1.39. The normalized spacial score (nSPS) is 17.5. The first-order valence-corrected chi connectivity index (χ1v) is 8.33. The van der Waals surface area contributed by atoms with Crippen molar-refractivity contribution in [2.75, 3.05) is 11.9 Å². The van der Waals surface area contributed by atoms with Crippen LogP contribution in [0.1, 0.15) is 51.5 Å². The number of rotatable bonds is 6. The molecule has 22 heavy (non-hydrogen) atoms. The number of hydrogen-bond acceptors (Lipinski definition) is 3. The number of benzene rings is 1. The molecule has 4 heteroatoms. The lowest BCUT2D eigenvalue weighted by molar-refractivity contribution is -0.114. The van der Waals surface area contributed by atoms with Crippen LogP contribution in [-0.4, -0.2) is 34.6 Å². The Kier molecular flexibility index (Phi) is 6.40. The van der Waals surface area contributed by atoms with Crippen LogP contribution >= 0.6 is 0 Å². The fourth-order valence-electron chi connectivity index (χ4n) is 3.31. The van der Waals surface area contributed by atoms with Gasteiger partial charge in [0.1, 0.15) is 0 Å². The molecule has 4 nitrogen and oxygen atoms in total. The Morgan fingerprint density at radius 3 is 2.73 bits per heavy atom. The third kappa shape index (κ3) is 5.43. The SMILES string of the molecule is CC(=O)Nc1cccc(CN(CC(C)O)C2CCCCC2)c1. The van der Waals surface area contributed by atoms with Crippen molar-refractivity contribution < 1.29 is 9.90 Å². The van der Waals surface area contributed by atoms with Gasteiger partial charge < -0.3 is 10.4 Å². The van der Waals surface area contributed by atoms with Crippen LogP contribution in [0.5, 0.6) is 0 Å². The minimum atomic E-state index is -0.319. The summed E-state index contributed by atoms with van der Waals surface area (Å²) in [5.41, 5.74) is 2.02. The van der Waals surface area contributed by atoms with Gasteiger partial charge in [0.15, 0.2) is 0 Å². The van der Waals surface area contributed by atoms with Crippen LogP contribution < -0.4 is 5.32 Å². The van der Waals surface area contributed by atoms with Gasteiger partial charge >= 0.3 is 0 Å². The van der Waals surface area contributed by atoms with Crippen LogP contribution in [0.2, 0.25) is 0 Å². The minimum absolute atomic E-state index is 0.0507. The van der Waals surface area contributed by atoms with Crippen LogP contribution in [-0.2, 0) is 11.3 Å². The van der Waals surface area contributed by atoms with E-state index < -0.39 is 0 Å².